The maximum atomic E-state index is 12.7. The van der Waals surface area contributed by atoms with Gasteiger partial charge in [-0.3, -0.25) is 24.9 Å². The molecule has 4 aromatic rings. The Labute approximate surface area is 197 Å². The minimum Gasteiger partial charge on any atom is -0.298 e. The zero-order valence-corrected chi connectivity index (χ0v) is 19.5. The van der Waals surface area contributed by atoms with Gasteiger partial charge in [0.05, 0.1) is 25.8 Å². The first-order valence-corrected chi connectivity index (χ1v) is 12.7. The van der Waals surface area contributed by atoms with Crippen LogP contribution in [0.3, 0.4) is 0 Å². The first-order valence-electron chi connectivity index (χ1n) is 9.41. The van der Waals surface area contributed by atoms with E-state index < -0.39 is 20.9 Å². The minimum atomic E-state index is -3.80. The Morgan fingerprint density at radius 3 is 2.52 bits per heavy atom. The zero-order chi connectivity index (χ0) is 23.6. The summed E-state index contributed by atoms with van der Waals surface area (Å²) >= 11 is 2.37. The number of aryl methyl sites for hydroxylation is 1. The molecule has 33 heavy (non-hydrogen) atoms. The number of nitrogens with one attached hydrogen (secondary N) is 2. The van der Waals surface area contributed by atoms with Crippen LogP contribution in [0.5, 0.6) is 0 Å². The van der Waals surface area contributed by atoms with Gasteiger partial charge >= 0.3 is 0 Å². The fourth-order valence-electron chi connectivity index (χ4n) is 2.83. The zero-order valence-electron chi connectivity index (χ0n) is 17.0. The molecule has 0 saturated carbocycles. The molecule has 0 spiro atoms. The Bertz CT molecular complexity index is 1440. The number of nitro groups is 1. The maximum absolute atomic E-state index is 12.7. The van der Waals surface area contributed by atoms with Crippen LogP contribution in [0, 0.1) is 17.0 Å². The monoisotopic (exact) mass is 500 g/mol. The van der Waals surface area contributed by atoms with Crippen LogP contribution >= 0.6 is 22.7 Å². The summed E-state index contributed by atoms with van der Waals surface area (Å²) in [6.07, 6.45) is 0. The number of thiazole rings is 1. The molecular weight excluding hydrogens is 484 g/mol. The van der Waals surface area contributed by atoms with Gasteiger partial charge in [-0.25, -0.2) is 13.4 Å². The molecule has 0 bridgehead atoms. The van der Waals surface area contributed by atoms with E-state index in [0.717, 1.165) is 5.56 Å². The number of amides is 1. The van der Waals surface area contributed by atoms with Crippen molar-refractivity contribution in [3.8, 4) is 10.6 Å². The second-order valence-corrected chi connectivity index (χ2v) is 10.4. The molecule has 2 heterocycles. The molecule has 0 aliphatic rings. The van der Waals surface area contributed by atoms with Crippen molar-refractivity contribution >= 4 is 55.1 Å². The van der Waals surface area contributed by atoms with E-state index in [0.29, 0.717) is 15.7 Å². The number of anilines is 2. The highest BCUT2D eigenvalue weighted by Gasteiger charge is 2.17. The molecule has 0 fully saturated rings. The van der Waals surface area contributed by atoms with Gasteiger partial charge in [-0.05, 0) is 37.3 Å². The van der Waals surface area contributed by atoms with Gasteiger partial charge in [0.2, 0.25) is 0 Å². The molecule has 12 heteroatoms. The van der Waals surface area contributed by atoms with Crippen molar-refractivity contribution in [2.45, 2.75) is 11.8 Å². The van der Waals surface area contributed by atoms with E-state index in [-0.39, 0.29) is 21.8 Å². The van der Waals surface area contributed by atoms with Gasteiger partial charge in [-0.2, -0.15) is 0 Å². The van der Waals surface area contributed by atoms with Crippen LogP contribution < -0.4 is 10.0 Å². The van der Waals surface area contributed by atoms with Crippen molar-refractivity contribution in [1.29, 1.82) is 0 Å². The van der Waals surface area contributed by atoms with Gasteiger partial charge in [0.15, 0.2) is 5.13 Å². The van der Waals surface area contributed by atoms with E-state index >= 15 is 0 Å². The Morgan fingerprint density at radius 1 is 1.06 bits per heavy atom. The van der Waals surface area contributed by atoms with E-state index in [1.54, 1.807) is 35.7 Å². The molecule has 0 aliphatic heterocycles. The number of sulfonamides is 1. The predicted octanol–water partition coefficient (Wildman–Crippen LogP) is 5.14. The molecule has 0 radical (unpaired) electrons. The predicted molar refractivity (Wildman–Crippen MR) is 128 cm³/mol. The van der Waals surface area contributed by atoms with Crippen molar-refractivity contribution in [1.82, 2.24) is 4.98 Å². The highest BCUT2D eigenvalue weighted by molar-refractivity contribution is 7.92. The van der Waals surface area contributed by atoms with Gasteiger partial charge in [-0.15, -0.1) is 22.7 Å². The van der Waals surface area contributed by atoms with Gasteiger partial charge in [0.25, 0.3) is 21.6 Å². The average Bonchev–Trinajstić information content (AvgIpc) is 3.43. The summed E-state index contributed by atoms with van der Waals surface area (Å²) in [6.45, 7) is 1.86. The van der Waals surface area contributed by atoms with E-state index in [1.165, 1.54) is 52.3 Å². The number of nitrogens with zero attached hydrogens (tertiary/aromatic N) is 2. The normalized spacial score (nSPS) is 11.2. The number of carbonyl (C=O) groups is 1. The molecule has 1 amide bonds. The summed E-state index contributed by atoms with van der Waals surface area (Å²) in [5, 5.41) is 17.0. The summed E-state index contributed by atoms with van der Waals surface area (Å²) < 4.78 is 27.7. The van der Waals surface area contributed by atoms with E-state index in [2.05, 4.69) is 15.0 Å². The molecular formula is C21H16N4O5S3. The summed E-state index contributed by atoms with van der Waals surface area (Å²) in [5.41, 5.74) is 1.93. The Hall–Kier alpha value is -3.61. The molecule has 0 saturated heterocycles. The second kappa shape index (κ2) is 9.10. The van der Waals surface area contributed by atoms with E-state index in [4.69, 9.17) is 0 Å². The number of benzene rings is 2. The van der Waals surface area contributed by atoms with Crippen LogP contribution in [0.25, 0.3) is 10.6 Å². The van der Waals surface area contributed by atoms with Crippen molar-refractivity contribution in [3.05, 3.63) is 86.6 Å². The van der Waals surface area contributed by atoms with Crippen LogP contribution in [0.4, 0.5) is 16.5 Å². The van der Waals surface area contributed by atoms with Crippen molar-refractivity contribution in [2.75, 3.05) is 10.0 Å². The third-order valence-corrected chi connectivity index (χ3v) is 7.58. The standard InChI is InChI=1S/C21H16N4O5S3/c1-13-5-7-17(8-6-13)33(29,30)24-15-4-2-3-14(9-15)20(26)23-21-22-18(12-32-21)19-10-16(11-31-19)25(27)28/h2-12,24H,1H3,(H,22,23,26). The molecule has 2 aromatic carbocycles. The Balaban J connectivity index is 1.47. The number of hydrogen-bond acceptors (Lipinski definition) is 8. The summed E-state index contributed by atoms with van der Waals surface area (Å²) in [7, 11) is -3.80. The first-order chi connectivity index (χ1) is 15.7. The van der Waals surface area contributed by atoms with Crippen molar-refractivity contribution in [2.24, 2.45) is 0 Å². The fourth-order valence-corrected chi connectivity index (χ4v) is 5.47. The first kappa shape index (κ1) is 22.6. The lowest BCUT2D eigenvalue weighted by Crippen LogP contribution is -2.15. The van der Waals surface area contributed by atoms with Crippen LogP contribution in [0.1, 0.15) is 15.9 Å². The van der Waals surface area contributed by atoms with E-state index in [1.807, 2.05) is 6.92 Å². The number of carbonyl (C=O) groups excluding carboxylic acids is 1. The van der Waals surface area contributed by atoms with E-state index in [9.17, 15) is 23.3 Å². The molecule has 2 N–H and O–H groups in total. The van der Waals surface area contributed by atoms with Crippen LogP contribution in [-0.4, -0.2) is 24.2 Å². The van der Waals surface area contributed by atoms with Crippen LogP contribution in [-0.2, 0) is 10.0 Å². The van der Waals surface area contributed by atoms with Gasteiger partial charge in [0.1, 0.15) is 0 Å². The summed E-state index contributed by atoms with van der Waals surface area (Å²) in [5.74, 6) is -0.468. The largest absolute Gasteiger partial charge is 0.298 e. The second-order valence-electron chi connectivity index (χ2n) is 6.92. The number of thiophene rings is 1. The van der Waals surface area contributed by atoms with Crippen molar-refractivity contribution < 1.29 is 18.1 Å². The molecule has 0 atom stereocenters. The van der Waals surface area contributed by atoms with Crippen molar-refractivity contribution in [3.63, 3.8) is 0 Å². The molecule has 168 valence electrons. The highest BCUT2D eigenvalue weighted by atomic mass is 32.2. The molecule has 0 aliphatic carbocycles. The highest BCUT2D eigenvalue weighted by Crippen LogP contribution is 2.33. The van der Waals surface area contributed by atoms with Gasteiger partial charge in [0, 0.05) is 22.7 Å². The lowest BCUT2D eigenvalue weighted by Gasteiger charge is -2.10. The molecule has 0 unspecified atom stereocenters. The lowest BCUT2D eigenvalue weighted by atomic mass is 10.2. The summed E-state index contributed by atoms with van der Waals surface area (Å²) in [4.78, 5) is 28.1. The molecule has 2 aromatic heterocycles. The third kappa shape index (κ3) is 5.25. The number of rotatable bonds is 7. The topological polar surface area (TPSA) is 131 Å². The SMILES string of the molecule is Cc1ccc(S(=O)(=O)Nc2cccc(C(=O)Nc3nc(-c4cc([N+](=O)[O-])cs4)cs3)c2)cc1. The summed E-state index contributed by atoms with van der Waals surface area (Å²) in [6, 6.07) is 14.0. The fraction of sp³-hybridized carbons (Fsp3) is 0.0476. The average molecular weight is 501 g/mol. The van der Waals surface area contributed by atoms with Gasteiger partial charge < -0.3 is 0 Å². The third-order valence-electron chi connectivity index (χ3n) is 4.48. The lowest BCUT2D eigenvalue weighted by molar-refractivity contribution is -0.384. The number of aromatic nitrogens is 1. The van der Waals surface area contributed by atoms with Crippen LogP contribution in [0.15, 0.2) is 70.3 Å². The molecule has 4 rings (SSSR count). The van der Waals surface area contributed by atoms with Gasteiger partial charge in [-0.1, -0.05) is 23.8 Å². The van der Waals surface area contributed by atoms with Crippen LogP contribution in [0.2, 0.25) is 0 Å². The number of hydrogen-bond donors (Lipinski definition) is 2. The smallest absolute Gasteiger partial charge is 0.280 e. The Kier molecular flexibility index (Phi) is 6.22. The maximum Gasteiger partial charge on any atom is 0.280 e. The minimum absolute atomic E-state index is 0.0153. The molecule has 9 nitrogen and oxygen atoms in total. The Morgan fingerprint density at radius 2 is 1.82 bits per heavy atom. The quantitative estimate of drug-likeness (QED) is 0.267.